The van der Waals surface area contributed by atoms with E-state index in [1.165, 1.54) is 0 Å². The summed E-state index contributed by atoms with van der Waals surface area (Å²) >= 11 is 0. The highest BCUT2D eigenvalue weighted by Crippen LogP contribution is 2.38. The zero-order valence-corrected chi connectivity index (χ0v) is 17.9. The summed E-state index contributed by atoms with van der Waals surface area (Å²) in [5.74, 6) is 0.945. The van der Waals surface area contributed by atoms with Crippen LogP contribution in [0.5, 0.6) is 23.0 Å². The number of rotatable bonds is 7. The summed E-state index contributed by atoms with van der Waals surface area (Å²) in [5.41, 5.74) is 3.66. The second-order valence-corrected chi connectivity index (χ2v) is 6.99. The van der Waals surface area contributed by atoms with Gasteiger partial charge in [0.05, 0.1) is 36.0 Å². The van der Waals surface area contributed by atoms with Crippen LogP contribution in [0.4, 0.5) is 0 Å². The van der Waals surface area contributed by atoms with E-state index in [9.17, 15) is 10.2 Å². The summed E-state index contributed by atoms with van der Waals surface area (Å²) in [5, 5.41) is 21.2. The molecule has 162 valence electrons. The monoisotopic (exact) mass is 428 g/mol. The lowest BCUT2D eigenvalue weighted by Gasteiger charge is -2.12. The summed E-state index contributed by atoms with van der Waals surface area (Å²) in [4.78, 5) is 9.43. The minimum atomic E-state index is 0.0540. The Hall–Kier alpha value is -4.06. The van der Waals surface area contributed by atoms with Crippen molar-refractivity contribution in [1.82, 2.24) is 9.97 Å². The Bertz CT molecular complexity index is 1140. The lowest BCUT2D eigenvalue weighted by molar-refractivity contribution is 0.318. The van der Waals surface area contributed by atoms with Gasteiger partial charge in [0.2, 0.25) is 0 Å². The van der Waals surface area contributed by atoms with Gasteiger partial charge < -0.3 is 19.7 Å². The first-order valence-electron chi connectivity index (χ1n) is 10.5. The van der Waals surface area contributed by atoms with Crippen LogP contribution in [0.1, 0.15) is 13.8 Å². The maximum atomic E-state index is 10.6. The zero-order valence-electron chi connectivity index (χ0n) is 17.9. The highest BCUT2D eigenvalue weighted by molar-refractivity contribution is 5.74. The van der Waals surface area contributed by atoms with E-state index in [4.69, 9.17) is 19.4 Å². The summed E-state index contributed by atoms with van der Waals surface area (Å²) in [6.45, 7) is 4.65. The molecule has 2 heterocycles. The number of hydrogen-bond donors (Lipinski definition) is 2. The van der Waals surface area contributed by atoms with Crippen molar-refractivity contribution in [3.05, 3.63) is 72.8 Å². The molecule has 0 aliphatic rings. The molecule has 0 atom stereocenters. The average Bonchev–Trinajstić information content (AvgIpc) is 2.82. The number of hydrogen-bond acceptors (Lipinski definition) is 6. The minimum absolute atomic E-state index is 0.0540. The van der Waals surface area contributed by atoms with E-state index in [2.05, 4.69) is 0 Å². The molecule has 0 radical (unpaired) electrons. The predicted octanol–water partition coefficient (Wildman–Crippen LogP) is 5.69. The molecule has 0 aliphatic carbocycles. The third-order valence-corrected chi connectivity index (χ3v) is 4.91. The Morgan fingerprint density at radius 2 is 0.938 bits per heavy atom. The van der Waals surface area contributed by atoms with E-state index in [0.29, 0.717) is 58.6 Å². The number of benzene rings is 2. The molecule has 0 amide bonds. The topological polar surface area (TPSA) is 84.7 Å². The molecular formula is C26H24N2O4. The van der Waals surface area contributed by atoms with Gasteiger partial charge in [-0.25, -0.2) is 9.97 Å². The second-order valence-electron chi connectivity index (χ2n) is 6.99. The van der Waals surface area contributed by atoms with Crippen LogP contribution < -0.4 is 9.47 Å². The predicted molar refractivity (Wildman–Crippen MR) is 124 cm³/mol. The fraction of sp³-hybridized carbons (Fsp3) is 0.154. The molecule has 0 spiro atoms. The number of aromatic nitrogens is 2. The number of para-hydroxylation sites is 2. The lowest BCUT2D eigenvalue weighted by Crippen LogP contribution is -1.95. The molecule has 6 heteroatoms. The van der Waals surface area contributed by atoms with Gasteiger partial charge in [-0.05, 0) is 62.4 Å². The van der Waals surface area contributed by atoms with Crippen LogP contribution >= 0.6 is 0 Å². The van der Waals surface area contributed by atoms with E-state index in [1.807, 2.05) is 62.4 Å². The normalized spacial score (nSPS) is 10.7. The van der Waals surface area contributed by atoms with Gasteiger partial charge in [-0.3, -0.25) is 0 Å². The standard InChI is InChI=1S/C26H24N2O4/c1-3-31-23-15-5-9-17(25(23)29)19-11-7-13-21(27-19)22-14-8-12-20(28-22)18-10-6-16-24(26(18)30)32-4-2/h5-16,29-30H,3-4H2,1-2H3. The molecule has 2 N–H and O–H groups in total. The van der Waals surface area contributed by atoms with E-state index in [1.54, 1.807) is 24.3 Å². The Labute approximate surface area is 186 Å². The summed E-state index contributed by atoms with van der Waals surface area (Å²) in [6.07, 6.45) is 0. The molecular weight excluding hydrogens is 404 g/mol. The minimum Gasteiger partial charge on any atom is -0.504 e. The molecule has 4 rings (SSSR count). The van der Waals surface area contributed by atoms with E-state index >= 15 is 0 Å². The van der Waals surface area contributed by atoms with Gasteiger partial charge in [0.25, 0.3) is 0 Å². The van der Waals surface area contributed by atoms with Gasteiger partial charge in [0.15, 0.2) is 23.0 Å². The van der Waals surface area contributed by atoms with E-state index in [0.717, 1.165) is 0 Å². The van der Waals surface area contributed by atoms with Crippen molar-refractivity contribution in [2.75, 3.05) is 13.2 Å². The number of aromatic hydroxyl groups is 2. The quantitative estimate of drug-likeness (QED) is 0.394. The van der Waals surface area contributed by atoms with Gasteiger partial charge >= 0.3 is 0 Å². The highest BCUT2D eigenvalue weighted by Gasteiger charge is 2.14. The molecule has 32 heavy (non-hydrogen) atoms. The number of phenolic OH excluding ortho intramolecular Hbond substituents is 2. The van der Waals surface area contributed by atoms with Gasteiger partial charge in [0, 0.05) is 11.1 Å². The van der Waals surface area contributed by atoms with E-state index in [-0.39, 0.29) is 11.5 Å². The van der Waals surface area contributed by atoms with Crippen molar-refractivity contribution in [1.29, 1.82) is 0 Å². The molecule has 0 bridgehead atoms. The summed E-state index contributed by atoms with van der Waals surface area (Å²) in [6, 6.07) is 21.8. The molecule has 0 fully saturated rings. The molecule has 2 aromatic carbocycles. The number of ether oxygens (including phenoxy) is 2. The number of pyridine rings is 2. The van der Waals surface area contributed by atoms with Crippen LogP contribution in [0, 0.1) is 0 Å². The van der Waals surface area contributed by atoms with Crippen LogP contribution in [0.25, 0.3) is 33.9 Å². The van der Waals surface area contributed by atoms with Crippen LogP contribution in [-0.4, -0.2) is 33.4 Å². The Kier molecular flexibility index (Phi) is 6.22. The van der Waals surface area contributed by atoms with Crippen LogP contribution in [0.2, 0.25) is 0 Å². The maximum absolute atomic E-state index is 10.6. The van der Waals surface area contributed by atoms with Gasteiger partial charge in [0.1, 0.15) is 0 Å². The van der Waals surface area contributed by atoms with Crippen molar-refractivity contribution in [3.63, 3.8) is 0 Å². The third kappa shape index (κ3) is 4.21. The van der Waals surface area contributed by atoms with Crippen LogP contribution in [-0.2, 0) is 0 Å². The first-order valence-corrected chi connectivity index (χ1v) is 10.5. The van der Waals surface area contributed by atoms with Crippen molar-refractivity contribution < 1.29 is 19.7 Å². The fourth-order valence-corrected chi connectivity index (χ4v) is 3.46. The third-order valence-electron chi connectivity index (χ3n) is 4.91. The summed E-state index contributed by atoms with van der Waals surface area (Å²) < 4.78 is 11.0. The molecule has 0 saturated carbocycles. The zero-order chi connectivity index (χ0) is 22.5. The number of phenols is 2. The van der Waals surface area contributed by atoms with E-state index < -0.39 is 0 Å². The molecule has 6 nitrogen and oxygen atoms in total. The SMILES string of the molecule is CCOc1cccc(-c2cccc(-c3cccc(-c4cccc(OCC)c4O)n3)n2)c1O. The molecule has 0 aliphatic heterocycles. The molecule has 0 unspecified atom stereocenters. The van der Waals surface area contributed by atoms with Crippen molar-refractivity contribution in [3.8, 4) is 56.9 Å². The average molecular weight is 428 g/mol. The van der Waals surface area contributed by atoms with Gasteiger partial charge in [-0.2, -0.15) is 0 Å². The first-order chi connectivity index (χ1) is 15.6. The molecule has 4 aromatic rings. The maximum Gasteiger partial charge on any atom is 0.167 e. The van der Waals surface area contributed by atoms with Crippen LogP contribution in [0.3, 0.4) is 0 Å². The Morgan fingerprint density at radius 3 is 1.34 bits per heavy atom. The summed E-state index contributed by atoms with van der Waals surface area (Å²) in [7, 11) is 0. The van der Waals surface area contributed by atoms with Gasteiger partial charge in [-0.1, -0.05) is 24.3 Å². The fourth-order valence-electron chi connectivity index (χ4n) is 3.46. The van der Waals surface area contributed by atoms with Crippen LogP contribution in [0.15, 0.2) is 72.8 Å². The van der Waals surface area contributed by atoms with Crippen molar-refractivity contribution >= 4 is 0 Å². The smallest absolute Gasteiger partial charge is 0.167 e. The molecule has 2 aromatic heterocycles. The second kappa shape index (κ2) is 9.39. The Balaban J connectivity index is 1.73. The van der Waals surface area contributed by atoms with Crippen molar-refractivity contribution in [2.45, 2.75) is 13.8 Å². The largest absolute Gasteiger partial charge is 0.504 e. The van der Waals surface area contributed by atoms with Crippen molar-refractivity contribution in [2.24, 2.45) is 0 Å². The Morgan fingerprint density at radius 1 is 0.562 bits per heavy atom. The molecule has 0 saturated heterocycles. The van der Waals surface area contributed by atoms with Gasteiger partial charge in [-0.15, -0.1) is 0 Å². The number of nitrogens with zero attached hydrogens (tertiary/aromatic N) is 2. The first kappa shape index (κ1) is 21.2. The highest BCUT2D eigenvalue weighted by atomic mass is 16.5. The lowest BCUT2D eigenvalue weighted by atomic mass is 10.1.